The largest absolute Gasteiger partial charge is 0.384 e. The van der Waals surface area contributed by atoms with Crippen molar-refractivity contribution in [2.75, 3.05) is 0 Å². The third-order valence-corrected chi connectivity index (χ3v) is 11.4. The van der Waals surface area contributed by atoms with E-state index in [0.717, 1.165) is 35.5 Å². The number of aryl methyl sites for hydroxylation is 2. The Balaban J connectivity index is 1.45. The molecule has 0 radical (unpaired) electrons. The maximum Gasteiger partial charge on any atom is 0.101 e. The molecular formula is C29H40O. The second-order valence-corrected chi connectivity index (χ2v) is 13.4. The molecule has 1 nitrogen and oxygen atoms in total. The first-order valence-electron chi connectivity index (χ1n) is 13.2. The van der Waals surface area contributed by atoms with Crippen LogP contribution in [0.4, 0.5) is 0 Å². The highest BCUT2D eigenvalue weighted by Crippen LogP contribution is 2.75. The van der Waals surface area contributed by atoms with Crippen LogP contribution in [0.3, 0.4) is 0 Å². The Bertz CT molecular complexity index is 764. The first-order chi connectivity index (χ1) is 14.4. The zero-order valence-corrected chi connectivity index (χ0v) is 19.1. The van der Waals surface area contributed by atoms with Crippen LogP contribution in [0.1, 0.15) is 93.7 Å². The van der Waals surface area contributed by atoms with Crippen molar-refractivity contribution in [2.45, 2.75) is 96.5 Å². The van der Waals surface area contributed by atoms with Gasteiger partial charge in [-0.1, -0.05) is 23.8 Å². The first kappa shape index (κ1) is 18.7. The minimum atomic E-state index is -0.609. The van der Waals surface area contributed by atoms with Crippen LogP contribution < -0.4 is 0 Å². The summed E-state index contributed by atoms with van der Waals surface area (Å²) in [5.74, 6) is 5.34. The predicted molar refractivity (Wildman–Crippen MR) is 121 cm³/mol. The van der Waals surface area contributed by atoms with Gasteiger partial charge >= 0.3 is 0 Å². The van der Waals surface area contributed by atoms with Gasteiger partial charge in [0, 0.05) is 10.8 Å². The summed E-state index contributed by atoms with van der Waals surface area (Å²) in [5.41, 5.74) is 3.73. The van der Waals surface area contributed by atoms with Crippen LogP contribution >= 0.6 is 0 Å². The van der Waals surface area contributed by atoms with E-state index in [0.29, 0.717) is 0 Å². The van der Waals surface area contributed by atoms with Gasteiger partial charge in [0.2, 0.25) is 0 Å². The second-order valence-electron chi connectivity index (χ2n) is 13.4. The molecule has 1 aromatic rings. The summed E-state index contributed by atoms with van der Waals surface area (Å²) in [6.07, 6.45) is 16.6. The van der Waals surface area contributed by atoms with Gasteiger partial charge in [-0.15, -0.1) is 0 Å². The molecule has 162 valence electrons. The molecule has 8 fully saturated rings. The van der Waals surface area contributed by atoms with Gasteiger partial charge in [-0.05, 0) is 138 Å². The van der Waals surface area contributed by atoms with Crippen molar-refractivity contribution >= 4 is 0 Å². The molecule has 0 saturated heterocycles. The summed E-state index contributed by atoms with van der Waals surface area (Å²) in [6, 6.07) is 7.00. The summed E-state index contributed by atoms with van der Waals surface area (Å²) in [6.45, 7) is 4.53. The highest BCUT2D eigenvalue weighted by Gasteiger charge is 2.70. The van der Waals surface area contributed by atoms with Gasteiger partial charge in [-0.25, -0.2) is 0 Å². The Morgan fingerprint density at radius 2 is 1.03 bits per heavy atom. The van der Waals surface area contributed by atoms with Crippen LogP contribution in [0.2, 0.25) is 0 Å². The van der Waals surface area contributed by atoms with Crippen molar-refractivity contribution in [1.82, 2.24) is 0 Å². The van der Waals surface area contributed by atoms with E-state index in [-0.39, 0.29) is 10.8 Å². The molecule has 0 amide bonds. The summed E-state index contributed by atoms with van der Waals surface area (Å²) in [5, 5.41) is 13.5. The molecular weight excluding hydrogens is 364 g/mol. The molecule has 8 saturated carbocycles. The fourth-order valence-corrected chi connectivity index (χ4v) is 11.4. The molecule has 0 aliphatic heterocycles. The lowest BCUT2D eigenvalue weighted by Crippen LogP contribution is -2.67. The monoisotopic (exact) mass is 404 g/mol. The van der Waals surface area contributed by atoms with Crippen molar-refractivity contribution in [3.63, 3.8) is 0 Å². The molecule has 0 aromatic heterocycles. The summed E-state index contributed by atoms with van der Waals surface area (Å²) >= 11 is 0. The minimum absolute atomic E-state index is 0.145. The van der Waals surface area contributed by atoms with E-state index in [9.17, 15) is 5.11 Å². The van der Waals surface area contributed by atoms with Gasteiger partial charge in [-0.2, -0.15) is 0 Å². The Kier molecular flexibility index (Phi) is 3.71. The molecule has 30 heavy (non-hydrogen) atoms. The summed E-state index contributed by atoms with van der Waals surface area (Å²) < 4.78 is 0. The van der Waals surface area contributed by atoms with Crippen molar-refractivity contribution in [3.05, 3.63) is 34.9 Å². The van der Waals surface area contributed by atoms with Gasteiger partial charge in [-0.3, -0.25) is 0 Å². The van der Waals surface area contributed by atoms with E-state index in [1.165, 1.54) is 93.7 Å². The number of hydrogen-bond acceptors (Lipinski definition) is 1. The van der Waals surface area contributed by atoms with Crippen LogP contribution in [0.5, 0.6) is 0 Å². The van der Waals surface area contributed by atoms with Gasteiger partial charge in [0.05, 0.1) is 0 Å². The molecule has 1 aromatic carbocycles. The van der Waals surface area contributed by atoms with Gasteiger partial charge < -0.3 is 5.11 Å². The third kappa shape index (κ3) is 2.29. The first-order valence-corrected chi connectivity index (χ1v) is 13.2. The van der Waals surface area contributed by atoms with E-state index in [2.05, 4.69) is 32.0 Å². The number of rotatable bonds is 3. The lowest BCUT2D eigenvalue weighted by Gasteiger charge is -2.71. The fourth-order valence-electron chi connectivity index (χ4n) is 11.4. The minimum Gasteiger partial charge on any atom is -0.384 e. The van der Waals surface area contributed by atoms with Crippen molar-refractivity contribution < 1.29 is 5.11 Å². The molecule has 1 N–H and O–H groups in total. The number of benzene rings is 1. The lowest BCUT2D eigenvalue weighted by molar-refractivity contribution is -0.278. The fraction of sp³-hybridized carbons (Fsp3) is 0.793. The standard InChI is InChI=1S/C29H40O/c1-18-3-4-19(2)26(5-18)29(30,27-12-20-6-21(13-27)8-22(7-20)14-27)28-15-23-9-24(16-28)11-25(10-23)17-28/h3-5,20-25,30H,6-17H2,1-2H3. The highest BCUT2D eigenvalue weighted by atomic mass is 16.3. The normalized spacial score (nSPS) is 50.1. The number of hydrogen-bond donors (Lipinski definition) is 1. The Morgan fingerprint density at radius 3 is 1.40 bits per heavy atom. The highest BCUT2D eigenvalue weighted by molar-refractivity contribution is 5.40. The lowest BCUT2D eigenvalue weighted by atomic mass is 9.35. The summed E-state index contributed by atoms with van der Waals surface area (Å²) in [4.78, 5) is 0. The smallest absolute Gasteiger partial charge is 0.101 e. The molecule has 0 spiro atoms. The van der Waals surface area contributed by atoms with E-state index >= 15 is 0 Å². The van der Waals surface area contributed by atoms with Crippen LogP contribution in [-0.2, 0) is 5.60 Å². The van der Waals surface area contributed by atoms with Crippen molar-refractivity contribution in [3.8, 4) is 0 Å². The van der Waals surface area contributed by atoms with Crippen LogP contribution in [0.25, 0.3) is 0 Å². The van der Waals surface area contributed by atoms with Crippen LogP contribution in [0, 0.1) is 60.2 Å². The molecule has 8 aliphatic carbocycles. The van der Waals surface area contributed by atoms with Gasteiger partial charge in [0.1, 0.15) is 5.60 Å². The van der Waals surface area contributed by atoms with E-state index in [1.807, 2.05) is 0 Å². The molecule has 8 bridgehead atoms. The Labute approximate surface area is 183 Å². The topological polar surface area (TPSA) is 20.2 Å². The zero-order valence-electron chi connectivity index (χ0n) is 19.1. The van der Waals surface area contributed by atoms with Crippen molar-refractivity contribution in [1.29, 1.82) is 0 Å². The zero-order chi connectivity index (χ0) is 20.3. The predicted octanol–water partition coefficient (Wildman–Crippen LogP) is 6.92. The van der Waals surface area contributed by atoms with Crippen molar-refractivity contribution in [2.24, 2.45) is 46.3 Å². The Morgan fingerprint density at radius 1 is 0.667 bits per heavy atom. The molecule has 9 rings (SSSR count). The molecule has 1 heteroatoms. The van der Waals surface area contributed by atoms with E-state index in [1.54, 1.807) is 0 Å². The van der Waals surface area contributed by atoms with Crippen LogP contribution in [0.15, 0.2) is 18.2 Å². The molecule has 8 aliphatic rings. The molecule has 0 unspecified atom stereocenters. The maximum absolute atomic E-state index is 13.5. The number of aliphatic hydroxyl groups is 1. The average Bonchev–Trinajstić information content (AvgIpc) is 2.67. The quantitative estimate of drug-likeness (QED) is 0.579. The summed E-state index contributed by atoms with van der Waals surface area (Å²) in [7, 11) is 0. The maximum atomic E-state index is 13.5. The average molecular weight is 405 g/mol. The van der Waals surface area contributed by atoms with Crippen LogP contribution in [-0.4, -0.2) is 5.11 Å². The second kappa shape index (κ2) is 5.94. The van der Waals surface area contributed by atoms with Gasteiger partial charge in [0.25, 0.3) is 0 Å². The molecule has 0 atom stereocenters. The van der Waals surface area contributed by atoms with E-state index < -0.39 is 5.60 Å². The van der Waals surface area contributed by atoms with E-state index in [4.69, 9.17) is 0 Å². The SMILES string of the molecule is Cc1ccc(C)c(C(O)(C23CC4CC(CC(C4)C2)C3)C23CC4CC(CC(C4)C2)C3)c1. The third-order valence-electron chi connectivity index (χ3n) is 11.4. The molecule has 0 heterocycles. The van der Waals surface area contributed by atoms with Gasteiger partial charge in [0.15, 0.2) is 0 Å². The Hall–Kier alpha value is -0.820.